The van der Waals surface area contributed by atoms with Gasteiger partial charge in [-0.15, -0.1) is 0 Å². The number of fused-ring (bicyclic) bond motifs is 3. The summed E-state index contributed by atoms with van der Waals surface area (Å²) >= 11 is 0. The summed E-state index contributed by atoms with van der Waals surface area (Å²) in [5.41, 5.74) is 11.0. The molecule has 27 heavy (non-hydrogen) atoms. The Labute approximate surface area is 159 Å². The first kappa shape index (κ1) is 16.5. The van der Waals surface area contributed by atoms with E-state index in [1.807, 2.05) is 25.2 Å². The van der Waals surface area contributed by atoms with Crippen LogP contribution in [0.15, 0.2) is 47.5 Å². The number of hydrogen-bond acceptors (Lipinski definition) is 5. The predicted molar refractivity (Wildman–Crippen MR) is 107 cm³/mol. The Bertz CT molecular complexity index is 961. The van der Waals surface area contributed by atoms with Crippen molar-refractivity contribution < 1.29 is 4.84 Å². The van der Waals surface area contributed by atoms with Gasteiger partial charge in [-0.05, 0) is 53.6 Å². The molecule has 5 heteroatoms. The van der Waals surface area contributed by atoms with Gasteiger partial charge in [-0.25, -0.2) is 14.9 Å². The van der Waals surface area contributed by atoms with Crippen molar-refractivity contribution >= 4 is 12.2 Å². The predicted octanol–water partition coefficient (Wildman–Crippen LogP) is 3.81. The zero-order chi connectivity index (χ0) is 18.6. The smallest absolute Gasteiger partial charge is 0.220 e. The van der Waals surface area contributed by atoms with E-state index in [-0.39, 0.29) is 5.41 Å². The number of rotatable bonds is 2. The van der Waals surface area contributed by atoms with Gasteiger partial charge in [0.1, 0.15) is 0 Å². The SMILES string of the molecule is CN1OC2(N=C1N)c1cc(-c3cccc(C=N)c3)ccc1CC21CCCC1. The summed E-state index contributed by atoms with van der Waals surface area (Å²) in [6.45, 7) is 0. The zero-order valence-electron chi connectivity index (χ0n) is 15.5. The van der Waals surface area contributed by atoms with Gasteiger partial charge in [0.15, 0.2) is 0 Å². The van der Waals surface area contributed by atoms with E-state index in [0.717, 1.165) is 41.5 Å². The molecule has 0 radical (unpaired) electrons. The van der Waals surface area contributed by atoms with Crippen LogP contribution in [0.2, 0.25) is 0 Å². The first-order chi connectivity index (χ1) is 13.1. The second-order valence-corrected chi connectivity index (χ2v) is 8.01. The molecule has 2 aromatic rings. The normalized spacial score (nSPS) is 25.2. The molecule has 2 aliphatic carbocycles. The van der Waals surface area contributed by atoms with Crippen LogP contribution in [-0.4, -0.2) is 24.3 Å². The van der Waals surface area contributed by atoms with Crippen LogP contribution in [0.3, 0.4) is 0 Å². The minimum atomic E-state index is -0.702. The van der Waals surface area contributed by atoms with Crippen LogP contribution < -0.4 is 5.73 Å². The molecule has 2 spiro atoms. The fourth-order valence-electron chi connectivity index (χ4n) is 5.19. The second kappa shape index (κ2) is 5.67. The van der Waals surface area contributed by atoms with Gasteiger partial charge in [-0.2, -0.15) is 0 Å². The van der Waals surface area contributed by atoms with E-state index in [0.29, 0.717) is 5.96 Å². The fraction of sp³-hybridized carbons (Fsp3) is 0.364. The molecule has 1 fully saturated rings. The number of aliphatic imine (C=N–C) groups is 1. The first-order valence-electron chi connectivity index (χ1n) is 9.59. The molecular formula is C22H24N4O. The molecular weight excluding hydrogens is 336 g/mol. The van der Waals surface area contributed by atoms with Crippen molar-refractivity contribution in [2.75, 3.05) is 7.05 Å². The van der Waals surface area contributed by atoms with Crippen molar-refractivity contribution in [3.8, 4) is 11.1 Å². The molecule has 3 aliphatic rings. The Morgan fingerprint density at radius 2 is 1.93 bits per heavy atom. The number of hydrogen-bond donors (Lipinski definition) is 2. The topological polar surface area (TPSA) is 74.7 Å². The molecule has 0 bridgehead atoms. The van der Waals surface area contributed by atoms with Gasteiger partial charge in [0.25, 0.3) is 0 Å². The summed E-state index contributed by atoms with van der Waals surface area (Å²) in [5.74, 6) is 0.449. The zero-order valence-corrected chi connectivity index (χ0v) is 15.5. The van der Waals surface area contributed by atoms with Crippen molar-refractivity contribution in [1.29, 1.82) is 5.41 Å². The first-order valence-corrected chi connectivity index (χ1v) is 9.59. The molecule has 1 heterocycles. The Balaban J connectivity index is 1.68. The van der Waals surface area contributed by atoms with E-state index >= 15 is 0 Å². The average molecular weight is 360 g/mol. The maximum Gasteiger partial charge on any atom is 0.220 e. The fourth-order valence-corrected chi connectivity index (χ4v) is 5.19. The standard InChI is InChI=1S/C22H24N4O/c1-26-20(24)25-22(27-26)19-12-17(16-6-4-5-15(11-16)14-23)7-8-18(19)13-21(22)9-2-3-10-21/h4-8,11-12,14,23H,2-3,9-10,13H2,1H3,(H2,24,25). The van der Waals surface area contributed by atoms with Gasteiger partial charge in [0.2, 0.25) is 11.7 Å². The summed E-state index contributed by atoms with van der Waals surface area (Å²) in [6, 6.07) is 14.7. The van der Waals surface area contributed by atoms with Crippen LogP contribution in [0.1, 0.15) is 42.4 Å². The van der Waals surface area contributed by atoms with Crippen LogP contribution in [0.5, 0.6) is 0 Å². The van der Waals surface area contributed by atoms with Gasteiger partial charge in [-0.3, -0.25) is 0 Å². The average Bonchev–Trinajstić information content (AvgIpc) is 3.35. The van der Waals surface area contributed by atoms with Crippen LogP contribution in [0.25, 0.3) is 11.1 Å². The largest absolute Gasteiger partial charge is 0.368 e. The van der Waals surface area contributed by atoms with Crippen LogP contribution >= 0.6 is 0 Å². The van der Waals surface area contributed by atoms with Crippen molar-refractivity contribution in [2.24, 2.45) is 16.1 Å². The molecule has 0 saturated heterocycles. The third kappa shape index (κ3) is 2.21. The van der Waals surface area contributed by atoms with Gasteiger partial charge >= 0.3 is 0 Å². The number of nitrogens with one attached hydrogen (secondary N) is 1. The minimum absolute atomic E-state index is 0.000140. The highest BCUT2D eigenvalue weighted by molar-refractivity contribution is 5.81. The summed E-state index contributed by atoms with van der Waals surface area (Å²) < 4.78 is 0. The van der Waals surface area contributed by atoms with E-state index in [1.54, 1.807) is 5.06 Å². The lowest BCUT2D eigenvalue weighted by molar-refractivity contribution is -0.220. The summed E-state index contributed by atoms with van der Waals surface area (Å²) in [7, 11) is 1.84. The molecule has 3 N–H and O–H groups in total. The molecule has 5 nitrogen and oxygen atoms in total. The summed E-state index contributed by atoms with van der Waals surface area (Å²) in [4.78, 5) is 11.3. The lowest BCUT2D eigenvalue weighted by atomic mass is 9.76. The molecule has 1 unspecified atom stereocenters. The maximum atomic E-state index is 7.53. The quantitative estimate of drug-likeness (QED) is 0.800. The van der Waals surface area contributed by atoms with E-state index < -0.39 is 5.72 Å². The van der Waals surface area contributed by atoms with Gasteiger partial charge in [0.05, 0.1) is 0 Å². The Kier molecular flexibility index (Phi) is 3.46. The lowest BCUT2D eigenvalue weighted by Crippen LogP contribution is -2.41. The van der Waals surface area contributed by atoms with Crippen molar-refractivity contribution in [3.05, 3.63) is 59.2 Å². The molecule has 0 aromatic heterocycles. The van der Waals surface area contributed by atoms with Gasteiger partial charge in [-0.1, -0.05) is 43.2 Å². The molecule has 5 rings (SSSR count). The molecule has 1 aliphatic heterocycles. The molecule has 1 saturated carbocycles. The Hall–Kier alpha value is -2.66. The highest BCUT2D eigenvalue weighted by Gasteiger charge is 2.63. The van der Waals surface area contributed by atoms with Crippen LogP contribution in [-0.2, 0) is 17.0 Å². The van der Waals surface area contributed by atoms with E-state index in [2.05, 4.69) is 24.3 Å². The van der Waals surface area contributed by atoms with Crippen molar-refractivity contribution in [1.82, 2.24) is 5.06 Å². The maximum absolute atomic E-state index is 7.53. The van der Waals surface area contributed by atoms with Crippen molar-refractivity contribution in [3.63, 3.8) is 0 Å². The lowest BCUT2D eigenvalue weighted by Gasteiger charge is -2.37. The third-order valence-electron chi connectivity index (χ3n) is 6.53. The number of guanidine groups is 1. The molecule has 1 atom stereocenters. The molecule has 0 amide bonds. The molecule has 138 valence electrons. The minimum Gasteiger partial charge on any atom is -0.368 e. The monoisotopic (exact) mass is 360 g/mol. The molecule has 2 aromatic carbocycles. The highest BCUT2D eigenvalue weighted by atomic mass is 16.7. The van der Waals surface area contributed by atoms with Gasteiger partial charge in [0, 0.05) is 24.2 Å². The van der Waals surface area contributed by atoms with Crippen molar-refractivity contribution in [2.45, 2.75) is 37.8 Å². The highest BCUT2D eigenvalue weighted by Crippen LogP contribution is 2.62. The number of nitrogens with zero attached hydrogens (tertiary/aromatic N) is 2. The third-order valence-corrected chi connectivity index (χ3v) is 6.53. The van der Waals surface area contributed by atoms with Gasteiger partial charge < -0.3 is 11.1 Å². The van der Waals surface area contributed by atoms with E-state index in [4.69, 9.17) is 21.0 Å². The summed E-state index contributed by atoms with van der Waals surface area (Å²) in [6.07, 6.45) is 7.04. The summed E-state index contributed by atoms with van der Waals surface area (Å²) in [5, 5.41) is 9.15. The van der Waals surface area contributed by atoms with Crippen LogP contribution in [0, 0.1) is 10.8 Å². The number of hydroxylamine groups is 2. The Morgan fingerprint density at radius 3 is 2.63 bits per heavy atom. The number of nitrogens with two attached hydrogens (primary N) is 1. The van der Waals surface area contributed by atoms with E-state index in [1.165, 1.54) is 24.6 Å². The Morgan fingerprint density at radius 1 is 1.15 bits per heavy atom. The van der Waals surface area contributed by atoms with E-state index in [9.17, 15) is 0 Å². The second-order valence-electron chi connectivity index (χ2n) is 8.01. The number of benzene rings is 2. The van der Waals surface area contributed by atoms with Crippen LogP contribution in [0.4, 0.5) is 0 Å².